The zero-order valence-corrected chi connectivity index (χ0v) is 23.9. The number of sulfonamides is 1. The van der Waals surface area contributed by atoms with Crippen LogP contribution in [0.15, 0.2) is 65.6 Å². The monoisotopic (exact) mass is 640 g/mol. The Bertz CT molecular complexity index is 1610. The number of ether oxygens (including phenoxy) is 3. The van der Waals surface area contributed by atoms with Crippen molar-refractivity contribution in [3.63, 3.8) is 0 Å². The highest BCUT2D eigenvalue weighted by Gasteiger charge is 2.42. The van der Waals surface area contributed by atoms with Crippen molar-refractivity contribution in [3.05, 3.63) is 72.0 Å². The van der Waals surface area contributed by atoms with Crippen molar-refractivity contribution < 1.29 is 54.9 Å². The van der Waals surface area contributed by atoms with Crippen molar-refractivity contribution in [2.75, 3.05) is 44.2 Å². The summed E-state index contributed by atoms with van der Waals surface area (Å²) < 4.78 is 95.9. The van der Waals surface area contributed by atoms with E-state index in [4.69, 9.17) is 9.47 Å². The molecule has 0 amide bonds. The number of halogens is 4. The maximum Gasteiger partial charge on any atom is 0.491 e. The van der Waals surface area contributed by atoms with E-state index in [1.54, 1.807) is 0 Å². The number of unbranched alkanes of at least 4 members (excludes halogenated alkanes) is 1. The maximum absolute atomic E-state index is 13.7. The average Bonchev–Trinajstić information content (AvgIpc) is 2.98. The Morgan fingerprint density at radius 3 is 2.48 bits per heavy atom. The highest BCUT2D eigenvalue weighted by molar-refractivity contribution is 7.92. The number of esters is 2. The van der Waals surface area contributed by atoms with Crippen LogP contribution in [-0.4, -0.2) is 76.0 Å². The summed E-state index contributed by atoms with van der Waals surface area (Å²) in [5.74, 6) is -5.54. The summed E-state index contributed by atoms with van der Waals surface area (Å²) in [6, 6.07) is 11.0. The van der Waals surface area contributed by atoms with Crippen molar-refractivity contribution >= 4 is 27.6 Å². The number of hydrogen-bond donors (Lipinski definition) is 2. The number of rotatable bonds is 11. The molecule has 2 N–H and O–H groups in total. The average molecular weight is 641 g/mol. The van der Waals surface area contributed by atoms with Crippen molar-refractivity contribution in [2.45, 2.75) is 23.9 Å². The Hall–Kier alpha value is -4.21. The van der Waals surface area contributed by atoms with Crippen LogP contribution in [0.25, 0.3) is 11.1 Å². The molecule has 1 saturated heterocycles. The summed E-state index contributed by atoms with van der Waals surface area (Å²) in [7, 11) is -4.42. The van der Waals surface area contributed by atoms with Gasteiger partial charge in [0.15, 0.2) is 0 Å². The molecule has 0 spiro atoms. The van der Waals surface area contributed by atoms with Gasteiger partial charge >= 0.3 is 18.1 Å². The smallest absolute Gasteiger partial charge is 0.491 e. The number of hydrogen-bond acceptors (Lipinski definition) is 9. The van der Waals surface area contributed by atoms with Gasteiger partial charge in [0.1, 0.15) is 22.9 Å². The molecule has 4 rings (SSSR count). The quantitative estimate of drug-likeness (QED) is 0.132. The molecule has 1 fully saturated rings. The van der Waals surface area contributed by atoms with Crippen LogP contribution in [0.4, 0.5) is 23.2 Å². The number of alkyl halides is 3. The number of phenols is 1. The van der Waals surface area contributed by atoms with Gasteiger partial charge in [-0.1, -0.05) is 12.1 Å². The third-order valence-corrected chi connectivity index (χ3v) is 7.89. The largest absolute Gasteiger partial charge is 0.507 e. The summed E-state index contributed by atoms with van der Waals surface area (Å²) >= 11 is 0. The lowest BCUT2D eigenvalue weighted by Gasteiger charge is -2.26. The van der Waals surface area contributed by atoms with E-state index < -0.39 is 45.3 Å². The molecule has 236 valence electrons. The topological polar surface area (TPSA) is 131 Å². The van der Waals surface area contributed by atoms with Crippen LogP contribution >= 0.6 is 0 Å². The van der Waals surface area contributed by atoms with Gasteiger partial charge in [-0.25, -0.2) is 22.4 Å². The molecule has 0 bridgehead atoms. The second kappa shape index (κ2) is 14.1. The number of nitrogens with zero attached hydrogens (tertiary/aromatic N) is 1. The molecule has 0 atom stereocenters. The lowest BCUT2D eigenvalue weighted by molar-refractivity contribution is -0.189. The molecule has 3 aromatic carbocycles. The summed E-state index contributed by atoms with van der Waals surface area (Å²) in [6.45, 7) is 3.52. The van der Waals surface area contributed by atoms with Gasteiger partial charge in [0.2, 0.25) is 0 Å². The van der Waals surface area contributed by atoms with E-state index in [1.165, 1.54) is 18.2 Å². The first-order valence-corrected chi connectivity index (χ1v) is 14.8. The first kappa shape index (κ1) is 32.7. The van der Waals surface area contributed by atoms with E-state index in [2.05, 4.69) is 14.4 Å². The second-order valence-corrected chi connectivity index (χ2v) is 11.4. The van der Waals surface area contributed by atoms with Crippen LogP contribution in [0.1, 0.15) is 23.2 Å². The van der Waals surface area contributed by atoms with Crippen LogP contribution in [-0.2, 0) is 24.3 Å². The number of aromatic hydroxyl groups is 1. The minimum atomic E-state index is -5.40. The third-order valence-electron chi connectivity index (χ3n) is 6.51. The number of phenolic OH excluding ortho intramolecular Hbond substituents is 1. The lowest BCUT2D eigenvalue weighted by Crippen LogP contribution is -2.36. The van der Waals surface area contributed by atoms with Crippen molar-refractivity contribution in [1.82, 2.24) is 4.90 Å². The fraction of sp³-hybridized carbons (Fsp3) is 0.310. The van der Waals surface area contributed by atoms with Crippen LogP contribution in [0, 0.1) is 5.82 Å². The molecule has 0 unspecified atom stereocenters. The Morgan fingerprint density at radius 1 is 1.00 bits per heavy atom. The summed E-state index contributed by atoms with van der Waals surface area (Å²) in [5.41, 5.74) is -0.682. The summed E-state index contributed by atoms with van der Waals surface area (Å²) in [6.07, 6.45) is -4.26. The first-order valence-electron chi connectivity index (χ1n) is 13.4. The highest BCUT2D eigenvalue weighted by atomic mass is 32.2. The highest BCUT2D eigenvalue weighted by Crippen LogP contribution is 2.32. The molecule has 0 aromatic heterocycles. The number of anilines is 1. The van der Waals surface area contributed by atoms with Crippen LogP contribution in [0.5, 0.6) is 11.5 Å². The number of carbonyl (C=O) groups excluding carboxylic acids is 2. The summed E-state index contributed by atoms with van der Waals surface area (Å²) in [5, 5.41) is 10.1. The third kappa shape index (κ3) is 8.67. The molecule has 15 heteroatoms. The maximum atomic E-state index is 13.7. The van der Waals surface area contributed by atoms with Gasteiger partial charge in [0, 0.05) is 24.7 Å². The second-order valence-electron chi connectivity index (χ2n) is 9.69. The van der Waals surface area contributed by atoms with Gasteiger partial charge in [-0.3, -0.25) is 9.62 Å². The van der Waals surface area contributed by atoms with Gasteiger partial charge in [-0.2, -0.15) is 13.2 Å². The number of nitrogens with one attached hydrogen (secondary N) is 1. The molecule has 0 saturated carbocycles. The van der Waals surface area contributed by atoms with Gasteiger partial charge in [0.05, 0.1) is 30.4 Å². The molecule has 0 radical (unpaired) electrons. The molecular formula is C29H28F4N2O8S. The van der Waals surface area contributed by atoms with Gasteiger partial charge in [0.25, 0.3) is 10.0 Å². The predicted octanol–water partition coefficient (Wildman–Crippen LogP) is 4.74. The predicted molar refractivity (Wildman–Crippen MR) is 149 cm³/mol. The molecule has 44 heavy (non-hydrogen) atoms. The van der Waals surface area contributed by atoms with Gasteiger partial charge in [-0.15, -0.1) is 0 Å². The van der Waals surface area contributed by atoms with E-state index in [0.29, 0.717) is 26.1 Å². The number of carbonyl (C=O) groups is 2. The van der Waals surface area contributed by atoms with Crippen molar-refractivity contribution in [2.24, 2.45) is 0 Å². The lowest BCUT2D eigenvalue weighted by atomic mass is 10.0. The molecule has 1 aliphatic heterocycles. The Kier molecular flexibility index (Phi) is 10.4. The Morgan fingerprint density at radius 2 is 1.75 bits per heavy atom. The van der Waals surface area contributed by atoms with Crippen LogP contribution in [0.2, 0.25) is 0 Å². The van der Waals surface area contributed by atoms with Crippen LogP contribution in [0.3, 0.4) is 0 Å². The van der Waals surface area contributed by atoms with Gasteiger partial charge in [-0.05, 0) is 67.4 Å². The standard InChI is InChI=1S/C29H28F4N2O8S/c30-20-6-9-25(36)24(17-20)19-4-3-5-22(16-19)44(39,40)34-21-7-8-23(26(18-21)43-28(38)29(31,32)33)27(37)42-13-2-1-10-35-11-14-41-15-12-35/h3-9,16-18,34,36H,1-2,10-15H2. The fourth-order valence-corrected chi connectivity index (χ4v) is 5.38. The van der Waals surface area contributed by atoms with Crippen molar-refractivity contribution in [3.8, 4) is 22.6 Å². The molecule has 3 aromatic rings. The molecule has 1 heterocycles. The van der Waals surface area contributed by atoms with E-state index in [-0.39, 0.29) is 34.1 Å². The van der Waals surface area contributed by atoms with E-state index in [1.807, 2.05) is 0 Å². The SMILES string of the molecule is O=C(OCCCCN1CCOCC1)c1ccc(NS(=O)(=O)c2cccc(-c3cc(F)ccc3O)c2)cc1OC(=O)C(F)(F)F. The Balaban J connectivity index is 1.50. The Labute approximate surface area is 250 Å². The molecule has 0 aliphatic carbocycles. The summed E-state index contributed by atoms with van der Waals surface area (Å²) in [4.78, 5) is 26.1. The first-order chi connectivity index (χ1) is 20.8. The van der Waals surface area contributed by atoms with Gasteiger partial charge < -0.3 is 19.3 Å². The van der Waals surface area contributed by atoms with E-state index in [0.717, 1.165) is 62.1 Å². The molecular weight excluding hydrogens is 612 g/mol. The van der Waals surface area contributed by atoms with Crippen molar-refractivity contribution in [1.29, 1.82) is 0 Å². The number of benzene rings is 3. The van der Waals surface area contributed by atoms with Crippen LogP contribution < -0.4 is 9.46 Å². The number of morpholine rings is 1. The molecule has 10 nitrogen and oxygen atoms in total. The zero-order chi connectivity index (χ0) is 31.9. The zero-order valence-electron chi connectivity index (χ0n) is 23.1. The van der Waals surface area contributed by atoms with E-state index in [9.17, 15) is 40.7 Å². The fourth-order valence-electron chi connectivity index (χ4n) is 4.29. The minimum Gasteiger partial charge on any atom is -0.507 e. The van der Waals surface area contributed by atoms with E-state index >= 15 is 0 Å². The normalized spacial score (nSPS) is 14.2. The molecule has 1 aliphatic rings. The minimum absolute atomic E-state index is 0.0207.